The van der Waals surface area contributed by atoms with Gasteiger partial charge in [0.2, 0.25) is 0 Å². The molecule has 0 amide bonds. The molecule has 4 nitrogen and oxygen atoms in total. The standard InChI is InChI=1S/2C23H24N.C14H26O2.Ir/c2*1-16-12-17(2)14-21(13-16)23-22-9-8-19(15-20(22)10-11-24-23)18-6-4-3-5-7-18;1-6-11(7-2)12(15)10-13(16)14(5,8-3)9-4;/h2*8-13,15,18H,3-7H2,1-2H3;10-11,16H,6-9H2,1-5H3;/q2*-1;;/b;;13-10-;/i11D;;;. The zero-order chi connectivity index (χ0) is 46.7. The number of allylic oxidation sites excluding steroid dienone is 2. The van der Waals surface area contributed by atoms with Gasteiger partial charge in [0.15, 0.2) is 5.78 Å². The van der Waals surface area contributed by atoms with Gasteiger partial charge in [0.25, 0.3) is 0 Å². The van der Waals surface area contributed by atoms with Crippen molar-refractivity contribution in [2.24, 2.45) is 11.3 Å². The van der Waals surface area contributed by atoms with Crippen molar-refractivity contribution in [1.82, 2.24) is 9.97 Å². The molecule has 2 fully saturated rings. The average Bonchev–Trinajstić information content (AvgIpc) is 3.31. The Labute approximate surface area is 407 Å². The molecule has 4 aromatic carbocycles. The number of carbonyl (C=O) groups excluding carboxylic acids is 1. The first-order valence-corrected chi connectivity index (χ1v) is 24.5. The minimum atomic E-state index is -0.248. The first kappa shape index (κ1) is 50.0. The van der Waals surface area contributed by atoms with Gasteiger partial charge in [-0.15, -0.1) is 69.8 Å². The molecule has 0 aliphatic heterocycles. The summed E-state index contributed by atoms with van der Waals surface area (Å²) >= 11 is 0. The summed E-state index contributed by atoms with van der Waals surface area (Å²) in [5.74, 6) is 1.79. The molecule has 0 unspecified atom stereocenters. The summed E-state index contributed by atoms with van der Waals surface area (Å²) in [5, 5.41) is 14.8. The molecule has 6 aromatic rings. The van der Waals surface area contributed by atoms with Crippen molar-refractivity contribution in [3.8, 4) is 22.5 Å². The van der Waals surface area contributed by atoms with E-state index in [-0.39, 0.29) is 43.0 Å². The van der Waals surface area contributed by atoms with E-state index in [2.05, 4.69) is 117 Å². The van der Waals surface area contributed by atoms with Crippen LogP contribution in [0.1, 0.15) is 171 Å². The molecule has 8 rings (SSSR count). The quantitative estimate of drug-likeness (QED) is 0.0798. The number of carbonyl (C=O) groups is 1. The van der Waals surface area contributed by atoms with Crippen LogP contribution in [-0.4, -0.2) is 20.9 Å². The summed E-state index contributed by atoms with van der Waals surface area (Å²) in [4.78, 5) is 21.1. The van der Waals surface area contributed by atoms with Crippen LogP contribution in [0.2, 0.25) is 0 Å². The van der Waals surface area contributed by atoms with Crippen LogP contribution >= 0.6 is 0 Å². The van der Waals surface area contributed by atoms with Crippen LogP contribution in [-0.2, 0) is 24.9 Å². The molecule has 5 heteroatoms. The van der Waals surface area contributed by atoms with Gasteiger partial charge >= 0.3 is 0 Å². The number of aliphatic hydroxyl groups excluding tert-OH is 1. The van der Waals surface area contributed by atoms with Gasteiger partial charge in [0.05, 0.1) is 1.37 Å². The van der Waals surface area contributed by atoms with Gasteiger partial charge in [0.1, 0.15) is 5.76 Å². The van der Waals surface area contributed by atoms with Crippen LogP contribution in [0.4, 0.5) is 0 Å². The Kier molecular flexibility index (Phi) is 18.7. The van der Waals surface area contributed by atoms with E-state index in [4.69, 9.17) is 1.37 Å². The Morgan fingerprint density at radius 3 is 1.60 bits per heavy atom. The molecule has 1 radical (unpaired) electrons. The number of aromatic nitrogens is 2. The van der Waals surface area contributed by atoms with Crippen LogP contribution < -0.4 is 0 Å². The van der Waals surface area contributed by atoms with Crippen molar-refractivity contribution in [1.29, 1.82) is 0 Å². The SMILES string of the molecule is CCC(CC)C(=O)/C=C(\O)C(C)(CC)CC.Cc1[c-]c(-c2nccc3cc(C4CCCCC4)ccc23)cc(C)c1.[2H]c1cc2cc(C3CCCCC3)ccc2c(-c2[c-]c(C)cc(C)c2)n1.[Ir]. The monoisotopic (exact) mass is 1050 g/mol. The van der Waals surface area contributed by atoms with Crippen LogP contribution in [0.25, 0.3) is 44.1 Å². The maximum atomic E-state index is 11.9. The summed E-state index contributed by atoms with van der Waals surface area (Å²) in [6, 6.07) is 33.3. The minimum absolute atomic E-state index is 0. The molecule has 0 atom stereocenters. The second-order valence-corrected chi connectivity index (χ2v) is 19.1. The smallest absolute Gasteiger partial charge is 0.162 e. The van der Waals surface area contributed by atoms with E-state index in [0.717, 1.165) is 70.5 Å². The Bertz CT molecular complexity index is 2540. The number of ketones is 1. The predicted octanol–water partition coefficient (Wildman–Crippen LogP) is 17.0. The number of fused-ring (bicyclic) bond motifs is 2. The zero-order valence-corrected chi connectivity index (χ0v) is 43.2. The van der Waals surface area contributed by atoms with E-state index < -0.39 is 0 Å². The van der Waals surface area contributed by atoms with Gasteiger partial charge in [-0.1, -0.05) is 137 Å². The maximum absolute atomic E-state index is 11.9. The van der Waals surface area contributed by atoms with Gasteiger partial charge < -0.3 is 15.1 Å². The fourth-order valence-electron chi connectivity index (χ4n) is 9.92. The van der Waals surface area contributed by atoms with Crippen molar-refractivity contribution >= 4 is 27.3 Å². The molecule has 2 saturated carbocycles. The second kappa shape index (κ2) is 24.4. The number of pyridine rings is 2. The van der Waals surface area contributed by atoms with Crippen LogP contribution in [0.5, 0.6) is 0 Å². The molecular formula is C60H74IrN2O2-2. The summed E-state index contributed by atoms with van der Waals surface area (Å²) in [6.45, 7) is 18.5. The number of benzene rings is 4. The Morgan fingerprint density at radius 1 is 0.692 bits per heavy atom. The van der Waals surface area contributed by atoms with Crippen molar-refractivity contribution < 1.29 is 31.4 Å². The van der Waals surface area contributed by atoms with Crippen LogP contribution in [0.3, 0.4) is 0 Å². The predicted molar refractivity (Wildman–Crippen MR) is 271 cm³/mol. The molecule has 0 saturated heterocycles. The van der Waals surface area contributed by atoms with Gasteiger partial charge in [-0.25, -0.2) is 0 Å². The number of hydrogen-bond donors (Lipinski definition) is 1. The third kappa shape index (κ3) is 13.4. The molecule has 2 aliphatic rings. The molecular weight excluding hydrogens is 973 g/mol. The van der Waals surface area contributed by atoms with Gasteiger partial charge in [-0.3, -0.25) is 4.79 Å². The number of hydrogen-bond acceptors (Lipinski definition) is 4. The number of nitrogens with zero attached hydrogens (tertiary/aromatic N) is 2. The fraction of sp³-hybridized carbons (Fsp3) is 0.450. The molecule has 2 aromatic heterocycles. The number of aryl methyl sites for hydroxylation is 4. The number of rotatable bonds is 11. The molecule has 2 heterocycles. The summed E-state index contributed by atoms with van der Waals surface area (Å²) < 4.78 is 8.16. The van der Waals surface area contributed by atoms with Gasteiger partial charge in [-0.05, 0) is 119 Å². The minimum Gasteiger partial charge on any atom is -0.512 e. The third-order valence-corrected chi connectivity index (χ3v) is 14.3. The molecule has 1 N–H and O–H groups in total. The van der Waals surface area contributed by atoms with Crippen LogP contribution in [0.15, 0.2) is 97.0 Å². The molecule has 347 valence electrons. The Balaban J connectivity index is 0.000000190. The van der Waals surface area contributed by atoms with Crippen LogP contribution in [0, 0.1) is 51.2 Å². The van der Waals surface area contributed by atoms with E-state index >= 15 is 0 Å². The molecule has 0 spiro atoms. The number of aliphatic hydroxyl groups is 1. The Morgan fingerprint density at radius 2 is 1.15 bits per heavy atom. The van der Waals surface area contributed by atoms with E-state index in [1.54, 1.807) is 0 Å². The van der Waals surface area contributed by atoms with Gasteiger partial charge in [0, 0.05) is 49.9 Å². The van der Waals surface area contributed by atoms with Crippen molar-refractivity contribution in [2.45, 2.75) is 164 Å². The Hall–Kier alpha value is -4.44. The molecule has 0 bridgehead atoms. The van der Waals surface area contributed by atoms with Gasteiger partial charge in [-0.2, -0.15) is 0 Å². The average molecular weight is 1050 g/mol. The maximum Gasteiger partial charge on any atom is 0.162 e. The molecule has 65 heavy (non-hydrogen) atoms. The van der Waals surface area contributed by atoms with Crippen molar-refractivity contribution in [2.75, 3.05) is 0 Å². The first-order chi connectivity index (χ1) is 31.2. The van der Waals surface area contributed by atoms with Crippen molar-refractivity contribution in [3.05, 3.63) is 143 Å². The fourth-order valence-corrected chi connectivity index (χ4v) is 9.92. The van der Waals surface area contributed by atoms with E-state index in [0.29, 0.717) is 12.1 Å². The van der Waals surface area contributed by atoms with E-state index in [9.17, 15) is 9.90 Å². The third-order valence-electron chi connectivity index (χ3n) is 14.3. The van der Waals surface area contributed by atoms with E-state index in [1.807, 2.05) is 46.9 Å². The van der Waals surface area contributed by atoms with E-state index in [1.165, 1.54) is 109 Å². The zero-order valence-electron chi connectivity index (χ0n) is 41.8. The topological polar surface area (TPSA) is 63.1 Å². The summed E-state index contributed by atoms with van der Waals surface area (Å²) in [6.07, 6.45) is 20.6. The summed E-state index contributed by atoms with van der Waals surface area (Å²) in [7, 11) is 0. The normalized spacial score (nSPS) is 15.1. The van der Waals surface area contributed by atoms with Crippen molar-refractivity contribution in [3.63, 3.8) is 0 Å². The summed E-state index contributed by atoms with van der Waals surface area (Å²) in [5.41, 5.74) is 11.4. The largest absolute Gasteiger partial charge is 0.512 e. The molecule has 2 aliphatic carbocycles. The first-order valence-electron chi connectivity index (χ1n) is 25.0. The second-order valence-electron chi connectivity index (χ2n) is 19.1.